The first-order chi connectivity index (χ1) is 15.9. The molecule has 0 saturated heterocycles. The number of benzene rings is 2. The second kappa shape index (κ2) is 9.85. The molecule has 2 aliphatic rings. The summed E-state index contributed by atoms with van der Waals surface area (Å²) >= 11 is 7.62. The normalized spacial score (nSPS) is 17.3. The first kappa shape index (κ1) is 23.1. The highest BCUT2D eigenvalue weighted by Crippen LogP contribution is 2.45. The summed E-state index contributed by atoms with van der Waals surface area (Å²) in [5.41, 5.74) is 3.61. The number of aliphatic imine (C=N–C) groups is 1. The van der Waals surface area contributed by atoms with Crippen LogP contribution in [0.3, 0.4) is 0 Å². The van der Waals surface area contributed by atoms with E-state index in [1.54, 1.807) is 11.9 Å². The highest BCUT2D eigenvalue weighted by atomic mass is 35.5. The summed E-state index contributed by atoms with van der Waals surface area (Å²) in [6.45, 7) is 4.42. The number of nitrogens with one attached hydrogen (secondary N) is 1. The number of amidine groups is 1. The van der Waals surface area contributed by atoms with E-state index in [4.69, 9.17) is 16.6 Å². The topological polar surface area (TPSA) is 65.0 Å². The summed E-state index contributed by atoms with van der Waals surface area (Å²) in [5.74, 6) is -0.211. The molecule has 1 unspecified atom stereocenters. The summed E-state index contributed by atoms with van der Waals surface area (Å²) in [6, 6.07) is 16.4. The molecular formula is C25H25ClN4O2S. The molecule has 0 radical (unpaired) electrons. The number of hydrogen-bond acceptors (Lipinski definition) is 5. The maximum atomic E-state index is 13.5. The number of amides is 2. The van der Waals surface area contributed by atoms with E-state index >= 15 is 0 Å². The van der Waals surface area contributed by atoms with Crippen LogP contribution in [0.4, 0.5) is 5.69 Å². The molecule has 1 atom stereocenters. The van der Waals surface area contributed by atoms with Gasteiger partial charge >= 0.3 is 0 Å². The number of carbonyl (C=O) groups excluding carboxylic acids is 2. The molecule has 0 saturated carbocycles. The monoisotopic (exact) mass is 480 g/mol. The van der Waals surface area contributed by atoms with Crippen molar-refractivity contribution in [2.75, 3.05) is 18.9 Å². The number of para-hydroxylation sites is 1. The Labute approximate surface area is 203 Å². The minimum absolute atomic E-state index is 0.0158. The van der Waals surface area contributed by atoms with Gasteiger partial charge in [0.05, 0.1) is 23.7 Å². The van der Waals surface area contributed by atoms with Crippen molar-refractivity contribution in [3.05, 3.63) is 87.6 Å². The molecule has 6 nitrogen and oxygen atoms in total. The molecule has 0 aliphatic carbocycles. The van der Waals surface area contributed by atoms with Gasteiger partial charge in [0.25, 0.3) is 5.91 Å². The average Bonchev–Trinajstić information content (AvgIpc) is 3.20. The summed E-state index contributed by atoms with van der Waals surface area (Å²) < 4.78 is 0. The van der Waals surface area contributed by atoms with E-state index in [-0.39, 0.29) is 18.2 Å². The van der Waals surface area contributed by atoms with Crippen LogP contribution in [0.2, 0.25) is 5.02 Å². The zero-order valence-electron chi connectivity index (χ0n) is 18.7. The first-order valence-corrected chi connectivity index (χ1v) is 11.9. The average molecular weight is 481 g/mol. The van der Waals surface area contributed by atoms with Gasteiger partial charge in [0.1, 0.15) is 0 Å². The van der Waals surface area contributed by atoms with E-state index in [9.17, 15) is 9.59 Å². The molecule has 33 heavy (non-hydrogen) atoms. The molecule has 1 N–H and O–H groups in total. The molecular weight excluding hydrogens is 456 g/mol. The minimum atomic E-state index is -0.431. The van der Waals surface area contributed by atoms with Crippen LogP contribution in [0.1, 0.15) is 31.9 Å². The van der Waals surface area contributed by atoms with Crippen LogP contribution in [-0.4, -0.2) is 40.4 Å². The van der Waals surface area contributed by atoms with Gasteiger partial charge in [0, 0.05) is 30.0 Å². The smallest absolute Gasteiger partial charge is 0.255 e. The largest absolute Gasteiger partial charge is 0.346 e. The summed E-state index contributed by atoms with van der Waals surface area (Å²) in [6.07, 6.45) is 0.229. The van der Waals surface area contributed by atoms with E-state index in [0.29, 0.717) is 28.5 Å². The van der Waals surface area contributed by atoms with Gasteiger partial charge in [-0.15, -0.1) is 0 Å². The third-order valence-electron chi connectivity index (χ3n) is 5.70. The van der Waals surface area contributed by atoms with Gasteiger partial charge < -0.3 is 15.1 Å². The lowest BCUT2D eigenvalue weighted by Crippen LogP contribution is -2.39. The van der Waals surface area contributed by atoms with Gasteiger partial charge in [-0.3, -0.25) is 9.59 Å². The first-order valence-electron chi connectivity index (χ1n) is 10.7. The number of allylic oxidation sites excluding steroid dienone is 1. The van der Waals surface area contributed by atoms with E-state index in [0.717, 1.165) is 16.4 Å². The standard InChI is InChI=1S/C25H25ClN4O2S/c1-4-29(3)21(31)14-20-15-33-25-27-16(2)22(24(32)28-19-8-6-5-7-9-19)23(30(20)25)17-10-12-18(26)13-11-17/h5-13,15,23H,4,14H2,1-3H3,(H,28,32). The van der Waals surface area contributed by atoms with Gasteiger partial charge in [-0.25, -0.2) is 4.99 Å². The third kappa shape index (κ3) is 4.84. The number of halogens is 1. The lowest BCUT2D eigenvalue weighted by molar-refractivity contribution is -0.129. The fourth-order valence-electron chi connectivity index (χ4n) is 3.81. The molecule has 0 fully saturated rings. The SMILES string of the molecule is CCN(C)C(=O)CC1=CSC2=NC(C)=C(C(=O)Nc3ccccc3)C(c3ccc(Cl)cc3)N12. The van der Waals surface area contributed by atoms with Crippen molar-refractivity contribution < 1.29 is 9.59 Å². The van der Waals surface area contributed by atoms with E-state index in [1.807, 2.05) is 78.8 Å². The number of thioether (sulfide) groups is 1. The molecule has 0 aromatic heterocycles. The zero-order valence-corrected chi connectivity index (χ0v) is 20.3. The molecule has 2 heterocycles. The van der Waals surface area contributed by atoms with Crippen molar-refractivity contribution >= 4 is 46.0 Å². The van der Waals surface area contributed by atoms with Crippen molar-refractivity contribution in [3.63, 3.8) is 0 Å². The maximum Gasteiger partial charge on any atom is 0.255 e. The molecule has 0 spiro atoms. The molecule has 170 valence electrons. The lowest BCUT2D eigenvalue weighted by Gasteiger charge is -2.37. The van der Waals surface area contributed by atoms with Crippen molar-refractivity contribution in [2.45, 2.75) is 26.3 Å². The van der Waals surface area contributed by atoms with Gasteiger partial charge in [0.15, 0.2) is 5.17 Å². The lowest BCUT2D eigenvalue weighted by atomic mass is 9.93. The van der Waals surface area contributed by atoms with Crippen molar-refractivity contribution in [3.8, 4) is 0 Å². The number of carbonyl (C=O) groups is 2. The fraction of sp³-hybridized carbons (Fsp3) is 0.240. The summed E-state index contributed by atoms with van der Waals surface area (Å²) in [7, 11) is 1.79. The Morgan fingerprint density at radius 1 is 1.15 bits per heavy atom. The second-order valence-electron chi connectivity index (χ2n) is 7.85. The molecule has 8 heteroatoms. The Bertz CT molecular complexity index is 1160. The number of fused-ring (bicyclic) bond motifs is 1. The Balaban J connectivity index is 1.74. The van der Waals surface area contributed by atoms with Crippen LogP contribution in [-0.2, 0) is 9.59 Å². The third-order valence-corrected chi connectivity index (χ3v) is 6.84. The Hall–Kier alpha value is -3.03. The van der Waals surface area contributed by atoms with Crippen molar-refractivity contribution in [1.82, 2.24) is 9.80 Å². The van der Waals surface area contributed by atoms with E-state index in [1.165, 1.54) is 11.8 Å². The van der Waals surface area contributed by atoms with Crippen LogP contribution in [0.5, 0.6) is 0 Å². The maximum absolute atomic E-state index is 13.5. The van der Waals surface area contributed by atoms with Gasteiger partial charge in [-0.1, -0.05) is 53.7 Å². The predicted molar refractivity (Wildman–Crippen MR) is 135 cm³/mol. The van der Waals surface area contributed by atoms with Crippen LogP contribution >= 0.6 is 23.4 Å². The van der Waals surface area contributed by atoms with Crippen molar-refractivity contribution in [1.29, 1.82) is 0 Å². The predicted octanol–water partition coefficient (Wildman–Crippen LogP) is 5.42. The highest BCUT2D eigenvalue weighted by Gasteiger charge is 2.40. The van der Waals surface area contributed by atoms with Gasteiger partial charge in [-0.05, 0) is 49.1 Å². The van der Waals surface area contributed by atoms with Crippen LogP contribution in [0, 0.1) is 0 Å². The zero-order chi connectivity index (χ0) is 23.5. The molecule has 2 amide bonds. The number of rotatable bonds is 6. The van der Waals surface area contributed by atoms with Crippen LogP contribution in [0.25, 0.3) is 0 Å². The Kier molecular flexibility index (Phi) is 6.91. The quantitative estimate of drug-likeness (QED) is 0.599. The van der Waals surface area contributed by atoms with Crippen LogP contribution < -0.4 is 5.32 Å². The van der Waals surface area contributed by atoms with E-state index in [2.05, 4.69) is 5.32 Å². The minimum Gasteiger partial charge on any atom is -0.346 e. The van der Waals surface area contributed by atoms with Crippen molar-refractivity contribution in [2.24, 2.45) is 4.99 Å². The Morgan fingerprint density at radius 2 is 1.85 bits per heavy atom. The molecule has 4 rings (SSSR count). The van der Waals surface area contributed by atoms with Gasteiger partial charge in [-0.2, -0.15) is 0 Å². The number of anilines is 1. The van der Waals surface area contributed by atoms with E-state index < -0.39 is 6.04 Å². The number of nitrogens with zero attached hydrogens (tertiary/aromatic N) is 3. The molecule has 2 aromatic carbocycles. The molecule has 0 bridgehead atoms. The second-order valence-corrected chi connectivity index (χ2v) is 9.12. The number of hydrogen-bond donors (Lipinski definition) is 1. The molecule has 2 aliphatic heterocycles. The summed E-state index contributed by atoms with van der Waals surface area (Å²) in [5, 5.41) is 6.32. The Morgan fingerprint density at radius 3 is 2.52 bits per heavy atom. The van der Waals surface area contributed by atoms with Gasteiger partial charge in [0.2, 0.25) is 5.91 Å². The molecule has 2 aromatic rings. The summed E-state index contributed by atoms with van der Waals surface area (Å²) in [4.78, 5) is 34.6. The van der Waals surface area contributed by atoms with Crippen LogP contribution in [0.15, 0.2) is 82.0 Å². The highest BCUT2D eigenvalue weighted by molar-refractivity contribution is 8.16. The fourth-order valence-corrected chi connectivity index (χ4v) is 4.90.